The second-order valence-corrected chi connectivity index (χ2v) is 7.77. The van der Waals surface area contributed by atoms with Crippen LogP contribution in [0, 0.1) is 0 Å². The highest BCUT2D eigenvalue weighted by Crippen LogP contribution is 2.32. The summed E-state index contributed by atoms with van der Waals surface area (Å²) in [4.78, 5) is 20.0. The van der Waals surface area contributed by atoms with Gasteiger partial charge in [0, 0.05) is 30.5 Å². The van der Waals surface area contributed by atoms with Gasteiger partial charge in [0.15, 0.2) is 0 Å². The highest BCUT2D eigenvalue weighted by Gasteiger charge is 2.21. The molecule has 2 N–H and O–H groups in total. The SMILES string of the molecule is O=c1[nH]c2ccc(-c3cncc(NCc4ccccc4)c3)cc2n1C1CCCC1. The molecular formula is C24H24N4O. The molecule has 0 bridgehead atoms. The van der Waals surface area contributed by atoms with Crippen molar-refractivity contribution in [3.05, 3.63) is 83.0 Å². The molecule has 1 aliphatic rings. The third-order valence-electron chi connectivity index (χ3n) is 5.82. The van der Waals surface area contributed by atoms with Crippen LogP contribution in [0.3, 0.4) is 0 Å². The van der Waals surface area contributed by atoms with Crippen molar-refractivity contribution in [2.75, 3.05) is 5.32 Å². The number of imidazole rings is 1. The third-order valence-corrected chi connectivity index (χ3v) is 5.82. The van der Waals surface area contributed by atoms with Crippen molar-refractivity contribution in [2.24, 2.45) is 0 Å². The Bertz CT molecular complexity index is 1190. The molecule has 1 aliphatic carbocycles. The first-order chi connectivity index (χ1) is 14.3. The second-order valence-electron chi connectivity index (χ2n) is 7.77. The number of benzene rings is 2. The predicted molar refractivity (Wildman–Crippen MR) is 117 cm³/mol. The summed E-state index contributed by atoms with van der Waals surface area (Å²) in [5.41, 5.74) is 6.20. The fourth-order valence-electron chi connectivity index (χ4n) is 4.32. The van der Waals surface area contributed by atoms with Crippen LogP contribution in [0.15, 0.2) is 71.8 Å². The van der Waals surface area contributed by atoms with Crippen LogP contribution >= 0.6 is 0 Å². The van der Waals surface area contributed by atoms with Crippen LogP contribution in [0.25, 0.3) is 22.2 Å². The maximum atomic E-state index is 12.5. The quantitative estimate of drug-likeness (QED) is 0.502. The van der Waals surface area contributed by atoms with E-state index in [2.05, 4.69) is 45.6 Å². The predicted octanol–water partition coefficient (Wildman–Crippen LogP) is 5.12. The fraction of sp³-hybridized carbons (Fsp3) is 0.250. The molecule has 2 aromatic heterocycles. The number of nitrogens with zero attached hydrogens (tertiary/aromatic N) is 2. The van der Waals surface area contributed by atoms with E-state index in [4.69, 9.17) is 0 Å². The summed E-state index contributed by atoms with van der Waals surface area (Å²) >= 11 is 0. The summed E-state index contributed by atoms with van der Waals surface area (Å²) in [5, 5.41) is 3.44. The molecule has 5 nitrogen and oxygen atoms in total. The lowest BCUT2D eigenvalue weighted by Crippen LogP contribution is -2.20. The summed E-state index contributed by atoms with van der Waals surface area (Å²) in [6.07, 6.45) is 8.27. The van der Waals surface area contributed by atoms with Crippen molar-refractivity contribution in [1.29, 1.82) is 0 Å². The highest BCUT2D eigenvalue weighted by atomic mass is 16.1. The normalized spacial score (nSPS) is 14.5. The van der Waals surface area contributed by atoms with Crippen molar-refractivity contribution in [1.82, 2.24) is 14.5 Å². The van der Waals surface area contributed by atoms with Gasteiger partial charge in [0.2, 0.25) is 0 Å². The van der Waals surface area contributed by atoms with E-state index in [1.54, 1.807) is 0 Å². The highest BCUT2D eigenvalue weighted by molar-refractivity contribution is 5.82. The van der Waals surface area contributed by atoms with Crippen molar-refractivity contribution >= 4 is 16.7 Å². The summed E-state index contributed by atoms with van der Waals surface area (Å²) in [7, 11) is 0. The minimum absolute atomic E-state index is 0.000420. The van der Waals surface area contributed by atoms with Gasteiger partial charge in [-0.05, 0) is 42.2 Å². The fourth-order valence-corrected chi connectivity index (χ4v) is 4.32. The topological polar surface area (TPSA) is 62.7 Å². The van der Waals surface area contributed by atoms with Gasteiger partial charge in [-0.15, -0.1) is 0 Å². The third kappa shape index (κ3) is 3.56. The number of pyridine rings is 1. The molecule has 0 amide bonds. The van der Waals surface area contributed by atoms with E-state index in [-0.39, 0.29) is 5.69 Å². The van der Waals surface area contributed by atoms with Gasteiger partial charge < -0.3 is 10.3 Å². The largest absolute Gasteiger partial charge is 0.380 e. The zero-order valence-corrected chi connectivity index (χ0v) is 16.3. The molecule has 2 heterocycles. The Balaban J connectivity index is 1.46. The molecule has 4 aromatic rings. The number of rotatable bonds is 5. The van der Waals surface area contributed by atoms with E-state index in [0.717, 1.165) is 47.2 Å². The lowest BCUT2D eigenvalue weighted by Gasteiger charge is -2.12. The van der Waals surface area contributed by atoms with Gasteiger partial charge in [0.05, 0.1) is 16.7 Å². The van der Waals surface area contributed by atoms with Crippen LogP contribution in [-0.4, -0.2) is 14.5 Å². The van der Waals surface area contributed by atoms with Crippen LogP contribution in [0.1, 0.15) is 37.3 Å². The minimum atomic E-state index is 0.000420. The Labute approximate surface area is 169 Å². The molecule has 1 saturated carbocycles. The Morgan fingerprint density at radius 3 is 2.66 bits per heavy atom. The van der Waals surface area contributed by atoms with Gasteiger partial charge >= 0.3 is 5.69 Å². The molecule has 0 aliphatic heterocycles. The Hall–Kier alpha value is -3.34. The molecule has 0 atom stereocenters. The summed E-state index contributed by atoms with van der Waals surface area (Å²) < 4.78 is 1.96. The molecular weight excluding hydrogens is 360 g/mol. The van der Waals surface area contributed by atoms with Gasteiger partial charge in [0.25, 0.3) is 0 Å². The average Bonchev–Trinajstić information content (AvgIpc) is 3.39. The number of hydrogen-bond donors (Lipinski definition) is 2. The number of fused-ring (bicyclic) bond motifs is 1. The zero-order valence-electron chi connectivity index (χ0n) is 16.3. The number of anilines is 1. The standard InChI is InChI=1S/C24H24N4O/c29-24-27-22-11-10-18(13-23(22)28(24)21-8-4-5-9-21)19-12-20(16-25-15-19)26-14-17-6-2-1-3-7-17/h1-3,6-7,10-13,15-16,21,26H,4-5,8-9,14H2,(H,27,29). The maximum Gasteiger partial charge on any atom is 0.326 e. The summed E-state index contributed by atoms with van der Waals surface area (Å²) in [6, 6.07) is 18.9. The minimum Gasteiger partial charge on any atom is -0.380 e. The number of hydrogen-bond acceptors (Lipinski definition) is 3. The molecule has 2 aromatic carbocycles. The van der Waals surface area contributed by atoms with Crippen LogP contribution in [0.5, 0.6) is 0 Å². The van der Waals surface area contributed by atoms with Crippen molar-refractivity contribution in [3.63, 3.8) is 0 Å². The first-order valence-electron chi connectivity index (χ1n) is 10.3. The molecule has 1 fully saturated rings. The van der Waals surface area contributed by atoms with Gasteiger partial charge in [-0.3, -0.25) is 9.55 Å². The molecule has 0 unspecified atom stereocenters. The average molecular weight is 384 g/mol. The Kier molecular flexibility index (Phi) is 4.64. The van der Waals surface area contributed by atoms with Crippen LogP contribution in [0.4, 0.5) is 5.69 Å². The Morgan fingerprint density at radius 2 is 1.83 bits per heavy atom. The van der Waals surface area contributed by atoms with E-state index in [0.29, 0.717) is 6.04 Å². The molecule has 29 heavy (non-hydrogen) atoms. The van der Waals surface area contributed by atoms with Gasteiger partial charge in [0.1, 0.15) is 0 Å². The summed E-state index contributed by atoms with van der Waals surface area (Å²) in [6.45, 7) is 0.754. The Morgan fingerprint density at radius 1 is 1.00 bits per heavy atom. The molecule has 5 heteroatoms. The van der Waals surface area contributed by atoms with Crippen molar-refractivity contribution in [3.8, 4) is 11.1 Å². The first-order valence-corrected chi connectivity index (χ1v) is 10.3. The van der Waals surface area contributed by atoms with Gasteiger partial charge in [-0.1, -0.05) is 49.2 Å². The van der Waals surface area contributed by atoms with E-state index in [1.165, 1.54) is 18.4 Å². The molecule has 0 spiro atoms. The van der Waals surface area contributed by atoms with Gasteiger partial charge in [-0.25, -0.2) is 4.79 Å². The van der Waals surface area contributed by atoms with E-state index < -0.39 is 0 Å². The van der Waals surface area contributed by atoms with Crippen LogP contribution in [0.2, 0.25) is 0 Å². The van der Waals surface area contributed by atoms with Crippen LogP contribution in [-0.2, 0) is 6.54 Å². The van der Waals surface area contributed by atoms with Crippen molar-refractivity contribution in [2.45, 2.75) is 38.3 Å². The molecule has 146 valence electrons. The van der Waals surface area contributed by atoms with Gasteiger partial charge in [-0.2, -0.15) is 0 Å². The number of aromatic amines is 1. The van der Waals surface area contributed by atoms with E-state index in [9.17, 15) is 4.79 Å². The number of aromatic nitrogens is 3. The number of H-pyrrole nitrogens is 1. The first kappa shape index (κ1) is 17.7. The molecule has 0 radical (unpaired) electrons. The zero-order chi connectivity index (χ0) is 19.6. The second kappa shape index (κ2) is 7.59. The lowest BCUT2D eigenvalue weighted by molar-refractivity contribution is 0.518. The van der Waals surface area contributed by atoms with Crippen molar-refractivity contribution < 1.29 is 0 Å². The maximum absolute atomic E-state index is 12.5. The monoisotopic (exact) mass is 384 g/mol. The smallest absolute Gasteiger partial charge is 0.326 e. The summed E-state index contributed by atoms with van der Waals surface area (Å²) in [5.74, 6) is 0. The van der Waals surface area contributed by atoms with Crippen LogP contribution < -0.4 is 11.0 Å². The van der Waals surface area contributed by atoms with E-state index >= 15 is 0 Å². The van der Waals surface area contributed by atoms with E-state index in [1.807, 2.05) is 41.2 Å². The molecule has 5 rings (SSSR count). The molecule has 0 saturated heterocycles. The lowest BCUT2D eigenvalue weighted by atomic mass is 10.1. The number of nitrogens with one attached hydrogen (secondary N) is 2.